The molecule has 2 aliphatic heterocycles. The van der Waals surface area contributed by atoms with Crippen molar-refractivity contribution in [3.05, 3.63) is 175 Å². The molecular formula is C45H29N5. The van der Waals surface area contributed by atoms with Gasteiger partial charge in [0.1, 0.15) is 0 Å². The molecule has 0 N–H and O–H groups in total. The van der Waals surface area contributed by atoms with Crippen LogP contribution in [0.5, 0.6) is 0 Å². The SMILES string of the molecule is C1=C2CC3C(=C1)N(c1ccccc1)c1cc4c5ccccc5n(c4cc13)-c1cccc(c1)-c1cccc(c1)-c1nc2nc(-c2ccccc2)n1. The normalized spacial score (nSPS) is 15.5. The van der Waals surface area contributed by atoms with Crippen molar-refractivity contribution in [3.8, 4) is 39.6 Å². The van der Waals surface area contributed by atoms with Crippen LogP contribution in [-0.2, 0) is 0 Å². The zero-order valence-electron chi connectivity index (χ0n) is 27.0. The summed E-state index contributed by atoms with van der Waals surface area (Å²) in [5, 5.41) is 2.49. The molecular weight excluding hydrogens is 611 g/mol. The predicted molar refractivity (Wildman–Crippen MR) is 202 cm³/mol. The van der Waals surface area contributed by atoms with Crippen LogP contribution in [0.2, 0.25) is 0 Å². The van der Waals surface area contributed by atoms with Crippen LogP contribution in [0.3, 0.4) is 0 Å². The summed E-state index contributed by atoms with van der Waals surface area (Å²) < 4.78 is 2.44. The van der Waals surface area contributed by atoms with Gasteiger partial charge in [0.25, 0.3) is 0 Å². The lowest BCUT2D eigenvalue weighted by atomic mass is 9.87. The molecule has 0 saturated heterocycles. The molecule has 5 nitrogen and oxygen atoms in total. The number of fused-ring (bicyclic) bond motifs is 14. The largest absolute Gasteiger partial charge is 0.313 e. The van der Waals surface area contributed by atoms with E-state index in [1.165, 1.54) is 38.8 Å². The number of anilines is 2. The van der Waals surface area contributed by atoms with Crippen LogP contribution in [0.4, 0.5) is 11.4 Å². The van der Waals surface area contributed by atoms with Crippen LogP contribution < -0.4 is 4.90 Å². The first-order valence-electron chi connectivity index (χ1n) is 17.1. The molecule has 3 aliphatic rings. The zero-order chi connectivity index (χ0) is 32.8. The van der Waals surface area contributed by atoms with Gasteiger partial charge in [-0.3, -0.25) is 0 Å². The predicted octanol–water partition coefficient (Wildman–Crippen LogP) is 10.9. The molecule has 0 spiro atoms. The second-order valence-corrected chi connectivity index (χ2v) is 13.3. The molecule has 50 heavy (non-hydrogen) atoms. The number of nitrogens with zero attached hydrogens (tertiary/aromatic N) is 5. The van der Waals surface area contributed by atoms with Crippen molar-refractivity contribution in [3.63, 3.8) is 0 Å². The van der Waals surface area contributed by atoms with E-state index in [2.05, 4.69) is 149 Å². The lowest BCUT2D eigenvalue weighted by Gasteiger charge is -2.26. The standard InChI is InChI=1S/C45H29N5/c1-3-11-28(12-4-1)43-46-44-31-15-9-13-29(23-31)30-14-10-18-34(24-30)50-39-20-8-7-19-35(39)37-26-42-38(27-41(37)50)36-25-32(45(47-43)48-44)21-22-40(36)49(42)33-16-5-2-6-17-33/h1-24,26-27,36H,25H2. The van der Waals surface area contributed by atoms with Crippen LogP contribution in [0, 0.1) is 0 Å². The molecule has 8 aromatic rings. The lowest BCUT2D eigenvalue weighted by molar-refractivity contribution is 0.822. The number of hydrogen-bond donors (Lipinski definition) is 0. The maximum absolute atomic E-state index is 5.19. The Morgan fingerprint density at radius 2 is 1.14 bits per heavy atom. The third-order valence-corrected chi connectivity index (χ3v) is 10.5. The van der Waals surface area contributed by atoms with Gasteiger partial charge >= 0.3 is 0 Å². The summed E-state index contributed by atoms with van der Waals surface area (Å²) in [6.07, 6.45) is 5.29. The van der Waals surface area contributed by atoms with Gasteiger partial charge in [-0.05, 0) is 83.3 Å². The van der Waals surface area contributed by atoms with Gasteiger partial charge in [0, 0.05) is 44.9 Å². The van der Waals surface area contributed by atoms with Gasteiger partial charge < -0.3 is 9.47 Å². The van der Waals surface area contributed by atoms with Gasteiger partial charge in [-0.1, -0.05) is 103 Å². The first-order valence-corrected chi connectivity index (χ1v) is 17.1. The number of benzene rings is 6. The average Bonchev–Trinajstić information content (AvgIpc) is 3.69. The van der Waals surface area contributed by atoms with E-state index in [0.717, 1.165) is 51.4 Å². The molecule has 1 atom stereocenters. The molecule has 11 rings (SSSR count). The van der Waals surface area contributed by atoms with Crippen LogP contribution in [-0.4, -0.2) is 19.5 Å². The van der Waals surface area contributed by atoms with Crippen LogP contribution in [0.15, 0.2) is 163 Å². The van der Waals surface area contributed by atoms with E-state index in [-0.39, 0.29) is 5.92 Å². The van der Waals surface area contributed by atoms with Crippen LogP contribution >= 0.6 is 0 Å². The molecule has 0 fully saturated rings. The number of para-hydroxylation sites is 2. The van der Waals surface area contributed by atoms with Gasteiger partial charge in [-0.2, -0.15) is 0 Å². The highest BCUT2D eigenvalue weighted by Gasteiger charge is 2.38. The molecule has 2 aromatic heterocycles. The minimum absolute atomic E-state index is 0.129. The van der Waals surface area contributed by atoms with Gasteiger partial charge in [-0.15, -0.1) is 0 Å². The highest BCUT2D eigenvalue weighted by molar-refractivity contribution is 6.11. The van der Waals surface area contributed by atoms with Gasteiger partial charge in [0.05, 0.1) is 16.7 Å². The maximum Gasteiger partial charge on any atom is 0.164 e. The first kappa shape index (κ1) is 27.4. The quantitative estimate of drug-likeness (QED) is 0.189. The third-order valence-electron chi connectivity index (χ3n) is 10.5. The summed E-state index contributed by atoms with van der Waals surface area (Å²) in [5.41, 5.74) is 13.8. The average molecular weight is 640 g/mol. The van der Waals surface area contributed by atoms with E-state index in [4.69, 9.17) is 15.0 Å². The van der Waals surface area contributed by atoms with Crippen molar-refractivity contribution >= 4 is 38.8 Å². The molecule has 10 bridgehead atoms. The molecule has 0 radical (unpaired) electrons. The second-order valence-electron chi connectivity index (χ2n) is 13.3. The van der Waals surface area contributed by atoms with E-state index in [1.807, 2.05) is 18.2 Å². The van der Waals surface area contributed by atoms with Crippen LogP contribution in [0.1, 0.15) is 23.7 Å². The number of rotatable bonds is 2. The van der Waals surface area contributed by atoms with Crippen molar-refractivity contribution in [2.24, 2.45) is 0 Å². The molecule has 234 valence electrons. The Morgan fingerprint density at radius 1 is 0.480 bits per heavy atom. The fourth-order valence-corrected chi connectivity index (χ4v) is 8.16. The lowest BCUT2D eigenvalue weighted by Crippen LogP contribution is -2.16. The Balaban J connectivity index is 1.25. The van der Waals surface area contributed by atoms with Crippen molar-refractivity contribution in [1.82, 2.24) is 19.5 Å². The molecule has 1 aliphatic carbocycles. The van der Waals surface area contributed by atoms with Gasteiger partial charge in [0.15, 0.2) is 17.5 Å². The van der Waals surface area contributed by atoms with E-state index in [1.54, 1.807) is 0 Å². The van der Waals surface area contributed by atoms with E-state index in [9.17, 15) is 0 Å². The Kier molecular flexibility index (Phi) is 5.72. The maximum atomic E-state index is 5.19. The summed E-state index contributed by atoms with van der Waals surface area (Å²) in [4.78, 5) is 17.8. The zero-order valence-corrected chi connectivity index (χ0v) is 27.0. The minimum Gasteiger partial charge on any atom is -0.313 e. The fourth-order valence-electron chi connectivity index (χ4n) is 8.16. The minimum atomic E-state index is 0.129. The van der Waals surface area contributed by atoms with Crippen molar-refractivity contribution < 1.29 is 0 Å². The smallest absolute Gasteiger partial charge is 0.164 e. The summed E-state index contributed by atoms with van der Waals surface area (Å²) in [5.74, 6) is 2.20. The summed E-state index contributed by atoms with van der Waals surface area (Å²) in [6.45, 7) is 0. The number of allylic oxidation sites excluding steroid dienone is 4. The third kappa shape index (κ3) is 4.04. The van der Waals surface area contributed by atoms with Crippen molar-refractivity contribution in [2.45, 2.75) is 12.3 Å². The molecule has 0 saturated carbocycles. The van der Waals surface area contributed by atoms with Gasteiger partial charge in [-0.25, -0.2) is 15.0 Å². The van der Waals surface area contributed by atoms with Crippen molar-refractivity contribution in [2.75, 3.05) is 4.90 Å². The number of hydrogen-bond acceptors (Lipinski definition) is 4. The van der Waals surface area contributed by atoms with Crippen LogP contribution in [0.25, 0.3) is 67.0 Å². The van der Waals surface area contributed by atoms with Gasteiger partial charge in [0.2, 0.25) is 0 Å². The fraction of sp³-hybridized carbons (Fsp3) is 0.0444. The summed E-state index contributed by atoms with van der Waals surface area (Å²) >= 11 is 0. The Hall–Kier alpha value is -6.59. The Labute approximate surface area is 289 Å². The molecule has 6 aromatic carbocycles. The molecule has 4 heterocycles. The molecule has 1 unspecified atom stereocenters. The van der Waals surface area contributed by atoms with E-state index < -0.39 is 0 Å². The highest BCUT2D eigenvalue weighted by Crippen LogP contribution is 2.54. The molecule has 5 heteroatoms. The monoisotopic (exact) mass is 639 g/mol. The highest BCUT2D eigenvalue weighted by atomic mass is 15.2. The number of aromatic nitrogens is 4. The van der Waals surface area contributed by atoms with Crippen molar-refractivity contribution in [1.29, 1.82) is 0 Å². The summed E-state index contributed by atoms with van der Waals surface area (Å²) in [6, 6.07) is 52.1. The Morgan fingerprint density at radius 3 is 2.00 bits per heavy atom. The molecule has 0 amide bonds. The Bertz CT molecular complexity index is 2740. The van der Waals surface area contributed by atoms with E-state index >= 15 is 0 Å². The first-order chi connectivity index (χ1) is 24.8. The van der Waals surface area contributed by atoms with E-state index in [0.29, 0.717) is 11.6 Å². The topological polar surface area (TPSA) is 46.8 Å². The summed E-state index contributed by atoms with van der Waals surface area (Å²) in [7, 11) is 0. The second kappa shape index (κ2) is 10.5.